The first kappa shape index (κ1) is 21.5. The second kappa shape index (κ2) is 8.63. The zero-order chi connectivity index (χ0) is 21.3. The van der Waals surface area contributed by atoms with Crippen molar-refractivity contribution in [2.75, 3.05) is 12.4 Å². The average Bonchev–Trinajstić information content (AvgIpc) is 3.18. The number of rotatable bonds is 6. The molecule has 1 aromatic carbocycles. The number of hydrogen-bond donors (Lipinski definition) is 1. The van der Waals surface area contributed by atoms with E-state index in [4.69, 9.17) is 16.3 Å². The third-order valence-corrected chi connectivity index (χ3v) is 5.58. The Labute approximate surface area is 183 Å². The second-order valence-corrected chi connectivity index (χ2v) is 8.39. The maximum Gasteiger partial charge on any atom is 0.339 e. The number of halogens is 2. The molecule has 8 heteroatoms. The van der Waals surface area contributed by atoms with Crippen LogP contribution in [0.5, 0.6) is 0 Å². The predicted octanol–water partition coefficient (Wildman–Crippen LogP) is 5.51. The van der Waals surface area contributed by atoms with Crippen molar-refractivity contribution < 1.29 is 9.53 Å². The van der Waals surface area contributed by atoms with Gasteiger partial charge in [-0.05, 0) is 60.5 Å². The molecule has 2 aromatic heterocycles. The van der Waals surface area contributed by atoms with Gasteiger partial charge in [0, 0.05) is 24.2 Å². The number of nitrogens with one attached hydrogen (secondary N) is 1. The summed E-state index contributed by atoms with van der Waals surface area (Å²) in [5, 5.41) is 8.63. The van der Waals surface area contributed by atoms with Crippen LogP contribution in [0.4, 0.5) is 5.82 Å². The number of aromatic nitrogens is 3. The molecule has 2 heterocycles. The van der Waals surface area contributed by atoms with Crippen molar-refractivity contribution in [3.63, 3.8) is 0 Å². The van der Waals surface area contributed by atoms with E-state index in [9.17, 15) is 4.79 Å². The van der Waals surface area contributed by atoms with Gasteiger partial charge in [0.05, 0.1) is 34.7 Å². The molecular weight excluding hydrogens is 456 g/mol. The molecule has 0 spiro atoms. The molecule has 1 N–H and O–H groups in total. The summed E-state index contributed by atoms with van der Waals surface area (Å²) in [5.74, 6) is 0.452. The van der Waals surface area contributed by atoms with Crippen molar-refractivity contribution in [2.45, 2.75) is 32.9 Å². The Bertz CT molecular complexity index is 1020. The van der Waals surface area contributed by atoms with Gasteiger partial charge in [0.25, 0.3) is 0 Å². The summed E-state index contributed by atoms with van der Waals surface area (Å²) in [4.78, 5) is 12.6. The summed E-state index contributed by atoms with van der Waals surface area (Å²) in [6.45, 7) is 6.08. The summed E-state index contributed by atoms with van der Waals surface area (Å²) in [7, 11) is 3.27. The monoisotopic (exact) mass is 478 g/mol. The molecular formula is C21H24BrClN4O2. The van der Waals surface area contributed by atoms with Gasteiger partial charge in [-0.25, -0.2) is 4.79 Å². The number of methoxy groups -OCH3 is 1. The van der Waals surface area contributed by atoms with Crippen molar-refractivity contribution in [3.8, 4) is 0 Å². The lowest BCUT2D eigenvalue weighted by molar-refractivity contribution is 0.0599. The summed E-state index contributed by atoms with van der Waals surface area (Å²) in [6.07, 6.45) is 0. The highest BCUT2D eigenvalue weighted by Crippen LogP contribution is 2.36. The molecule has 154 valence electrons. The first-order chi connectivity index (χ1) is 13.7. The maximum absolute atomic E-state index is 12.6. The molecule has 0 aliphatic rings. The molecule has 0 saturated carbocycles. The van der Waals surface area contributed by atoms with Gasteiger partial charge in [0.2, 0.25) is 0 Å². The fourth-order valence-corrected chi connectivity index (χ4v) is 4.41. The molecule has 1 unspecified atom stereocenters. The summed E-state index contributed by atoms with van der Waals surface area (Å²) in [6, 6.07) is 11.2. The van der Waals surface area contributed by atoms with Crippen molar-refractivity contribution in [2.24, 2.45) is 7.05 Å². The number of hydrogen-bond acceptors (Lipinski definition) is 4. The molecule has 0 saturated heterocycles. The van der Waals surface area contributed by atoms with Crippen molar-refractivity contribution in [3.05, 3.63) is 68.5 Å². The highest BCUT2D eigenvalue weighted by atomic mass is 79.9. The van der Waals surface area contributed by atoms with E-state index in [0.29, 0.717) is 10.6 Å². The molecule has 0 fully saturated rings. The zero-order valence-electron chi connectivity index (χ0n) is 17.0. The molecule has 0 radical (unpaired) electrons. The minimum atomic E-state index is -0.387. The predicted molar refractivity (Wildman–Crippen MR) is 119 cm³/mol. The first-order valence-electron chi connectivity index (χ1n) is 9.24. The normalized spacial score (nSPS) is 12.3. The Balaban J connectivity index is 2.24. The molecule has 0 bridgehead atoms. The van der Waals surface area contributed by atoms with Crippen molar-refractivity contribution in [1.82, 2.24) is 14.3 Å². The van der Waals surface area contributed by atoms with Gasteiger partial charge in [-0.1, -0.05) is 23.7 Å². The number of aryl methyl sites for hydroxylation is 2. The summed E-state index contributed by atoms with van der Waals surface area (Å²) >= 11 is 9.73. The van der Waals surface area contributed by atoms with Crippen LogP contribution in [0.1, 0.15) is 53.2 Å². The van der Waals surface area contributed by atoms with Crippen LogP contribution in [0.3, 0.4) is 0 Å². The van der Waals surface area contributed by atoms with E-state index in [2.05, 4.69) is 44.8 Å². The van der Waals surface area contributed by atoms with E-state index in [-0.39, 0.29) is 18.1 Å². The lowest BCUT2D eigenvalue weighted by Crippen LogP contribution is -2.22. The summed E-state index contributed by atoms with van der Waals surface area (Å²) in [5.41, 5.74) is 3.17. The zero-order valence-corrected chi connectivity index (χ0v) is 19.4. The lowest BCUT2D eigenvalue weighted by atomic mass is 10.00. The molecule has 1 atom stereocenters. The van der Waals surface area contributed by atoms with E-state index < -0.39 is 0 Å². The van der Waals surface area contributed by atoms with Crippen LogP contribution in [-0.2, 0) is 11.8 Å². The van der Waals surface area contributed by atoms with Crippen molar-refractivity contribution in [1.29, 1.82) is 0 Å². The number of carbonyl (C=O) groups excluding carboxylic acids is 1. The molecule has 29 heavy (non-hydrogen) atoms. The molecule has 0 aliphatic carbocycles. The fourth-order valence-electron chi connectivity index (χ4n) is 3.46. The topological polar surface area (TPSA) is 61.1 Å². The van der Waals surface area contributed by atoms with E-state index in [1.165, 1.54) is 7.11 Å². The number of esters is 1. The number of anilines is 1. The lowest BCUT2D eigenvalue weighted by Gasteiger charge is -2.26. The van der Waals surface area contributed by atoms with Crippen LogP contribution >= 0.6 is 27.5 Å². The average molecular weight is 480 g/mol. The Morgan fingerprint density at radius 3 is 2.41 bits per heavy atom. The quantitative estimate of drug-likeness (QED) is 0.473. The maximum atomic E-state index is 12.6. The molecule has 3 aromatic rings. The number of ether oxygens (including phenoxy) is 1. The van der Waals surface area contributed by atoms with Gasteiger partial charge in [0.15, 0.2) is 0 Å². The highest BCUT2D eigenvalue weighted by molar-refractivity contribution is 9.10. The third-order valence-electron chi connectivity index (χ3n) is 4.72. The Morgan fingerprint density at radius 1 is 1.24 bits per heavy atom. The Hall–Kier alpha value is -2.25. The fraction of sp³-hybridized carbons (Fsp3) is 0.333. The first-order valence-corrected chi connectivity index (χ1v) is 10.4. The number of benzene rings is 1. The van der Waals surface area contributed by atoms with E-state index in [1.54, 1.807) is 10.7 Å². The standard InChI is InChI=1S/C21H24BrClN4O2/c1-12(2)27-17(22)11-16(21(28)29-5)20(27)19(14-6-8-15(23)9-7-14)24-18-10-13(3)25-26(18)4/h6-12,19,24H,1-5H3. The van der Waals surface area contributed by atoms with Crippen LogP contribution in [0.2, 0.25) is 5.02 Å². The van der Waals surface area contributed by atoms with Gasteiger partial charge >= 0.3 is 5.97 Å². The van der Waals surface area contributed by atoms with Crippen LogP contribution in [0, 0.1) is 6.92 Å². The van der Waals surface area contributed by atoms with Gasteiger partial charge in [-0.3, -0.25) is 4.68 Å². The SMILES string of the molecule is COC(=O)c1cc(Br)n(C(C)C)c1C(Nc1cc(C)nn1C)c1ccc(Cl)cc1. The second-order valence-electron chi connectivity index (χ2n) is 7.14. The van der Waals surface area contributed by atoms with E-state index in [0.717, 1.165) is 27.4 Å². The van der Waals surface area contributed by atoms with Crippen LogP contribution < -0.4 is 5.32 Å². The van der Waals surface area contributed by atoms with Crippen LogP contribution in [0.25, 0.3) is 0 Å². The summed E-state index contributed by atoms with van der Waals surface area (Å²) < 4.78 is 9.75. The van der Waals surface area contributed by atoms with Gasteiger partial charge in [-0.15, -0.1) is 0 Å². The number of nitrogens with zero attached hydrogens (tertiary/aromatic N) is 3. The Morgan fingerprint density at radius 2 is 1.90 bits per heavy atom. The highest BCUT2D eigenvalue weighted by Gasteiger charge is 2.29. The van der Waals surface area contributed by atoms with Crippen LogP contribution in [-0.4, -0.2) is 27.4 Å². The van der Waals surface area contributed by atoms with Gasteiger partial charge in [-0.2, -0.15) is 5.10 Å². The minimum absolute atomic E-state index is 0.114. The molecule has 6 nitrogen and oxygen atoms in total. The minimum Gasteiger partial charge on any atom is -0.465 e. The van der Waals surface area contributed by atoms with E-state index >= 15 is 0 Å². The van der Waals surface area contributed by atoms with E-state index in [1.807, 2.05) is 44.3 Å². The van der Waals surface area contributed by atoms with Crippen LogP contribution in [0.15, 0.2) is 41.0 Å². The molecule has 0 aliphatic heterocycles. The third kappa shape index (κ3) is 4.36. The Kier molecular flexibility index (Phi) is 6.39. The van der Waals surface area contributed by atoms with Crippen molar-refractivity contribution >= 4 is 39.3 Å². The smallest absolute Gasteiger partial charge is 0.339 e. The number of carbonyl (C=O) groups is 1. The van der Waals surface area contributed by atoms with Gasteiger partial charge in [0.1, 0.15) is 5.82 Å². The molecule has 0 amide bonds. The largest absolute Gasteiger partial charge is 0.465 e. The van der Waals surface area contributed by atoms with Gasteiger partial charge < -0.3 is 14.6 Å². The molecule has 3 rings (SSSR count).